The van der Waals surface area contributed by atoms with Gasteiger partial charge in [0.05, 0.1) is 17.2 Å². The van der Waals surface area contributed by atoms with E-state index < -0.39 is 12.6 Å². The molecule has 2 aliphatic heterocycles. The first kappa shape index (κ1) is 21.5. The lowest BCUT2D eigenvalue weighted by Gasteiger charge is -2.24. The fourth-order valence-electron chi connectivity index (χ4n) is 4.49. The van der Waals surface area contributed by atoms with Crippen molar-refractivity contribution in [3.05, 3.63) is 70.0 Å². The van der Waals surface area contributed by atoms with Crippen molar-refractivity contribution >= 4 is 13.4 Å². The molecule has 0 N–H and O–H groups in total. The summed E-state index contributed by atoms with van der Waals surface area (Å²) in [6.07, 6.45) is 4.43. The van der Waals surface area contributed by atoms with Crippen molar-refractivity contribution in [2.45, 2.75) is 18.9 Å². The van der Waals surface area contributed by atoms with Crippen molar-refractivity contribution < 1.29 is 18.7 Å². The number of hydrogen-bond acceptors (Lipinski definition) is 6. The topological polar surface area (TPSA) is 103 Å². The highest BCUT2D eigenvalue weighted by atomic mass is 31.2. The first-order chi connectivity index (χ1) is 16.4. The molecule has 1 atom stereocenters. The molecular weight excluding hydrogens is 457 g/mol. The second-order valence-corrected chi connectivity index (χ2v) is 11.1. The quantitative estimate of drug-likeness (QED) is 0.200. The van der Waals surface area contributed by atoms with Gasteiger partial charge >= 0.3 is 13.4 Å². The number of nitro benzene ring substituents is 1. The zero-order chi connectivity index (χ0) is 23.4. The molecule has 10 nitrogen and oxygen atoms in total. The maximum Gasteiger partial charge on any atom is 0.346 e. The molecule has 3 heterocycles. The minimum absolute atomic E-state index is 0.0914. The van der Waals surface area contributed by atoms with Crippen molar-refractivity contribution in [2.24, 2.45) is 7.05 Å². The summed E-state index contributed by atoms with van der Waals surface area (Å²) < 4.78 is 31.4. The number of hydrogen-bond donors (Lipinski definition) is 0. The van der Waals surface area contributed by atoms with Crippen LogP contribution in [0.3, 0.4) is 0 Å². The van der Waals surface area contributed by atoms with E-state index in [0.29, 0.717) is 18.6 Å². The van der Waals surface area contributed by atoms with Crippen LogP contribution in [0.25, 0.3) is 11.1 Å². The fraction of sp³-hybridized carbons (Fsp3) is 0.348. The SMILES string of the molecule is Cn1cc(-c2cccc(Oc3c([N+](=O)[O-])ccc4c3CCC4OP(=O)(N3CC3)N3CC3)c2)cn1. The molecule has 1 unspecified atom stereocenters. The average molecular weight is 481 g/mol. The van der Waals surface area contributed by atoms with Crippen molar-refractivity contribution in [1.29, 1.82) is 0 Å². The normalized spacial score (nSPS) is 19.7. The van der Waals surface area contributed by atoms with Gasteiger partial charge in [0.25, 0.3) is 0 Å². The molecule has 0 radical (unpaired) electrons. The van der Waals surface area contributed by atoms with Crippen LogP contribution in [0.15, 0.2) is 48.8 Å². The van der Waals surface area contributed by atoms with Crippen LogP contribution >= 0.6 is 7.67 Å². The maximum absolute atomic E-state index is 13.5. The van der Waals surface area contributed by atoms with E-state index in [1.165, 1.54) is 6.07 Å². The molecule has 3 aliphatic rings. The average Bonchev–Trinajstić information content (AvgIpc) is 3.75. The van der Waals surface area contributed by atoms with Gasteiger partial charge in [-0.15, -0.1) is 0 Å². The van der Waals surface area contributed by atoms with Gasteiger partial charge in [-0.25, -0.2) is 9.34 Å². The summed E-state index contributed by atoms with van der Waals surface area (Å²) in [7, 11) is -1.17. The number of aryl methyl sites for hydroxylation is 1. The van der Waals surface area contributed by atoms with Crippen LogP contribution in [0.4, 0.5) is 5.69 Å². The molecule has 176 valence electrons. The van der Waals surface area contributed by atoms with E-state index in [9.17, 15) is 14.7 Å². The Balaban J connectivity index is 1.33. The molecule has 2 saturated heterocycles. The van der Waals surface area contributed by atoms with Crippen LogP contribution in [0.2, 0.25) is 0 Å². The van der Waals surface area contributed by atoms with Gasteiger partial charge in [-0.2, -0.15) is 5.10 Å². The lowest BCUT2D eigenvalue weighted by molar-refractivity contribution is -0.385. The Morgan fingerprint density at radius 1 is 1.12 bits per heavy atom. The van der Waals surface area contributed by atoms with Crippen molar-refractivity contribution in [3.63, 3.8) is 0 Å². The summed E-state index contributed by atoms with van der Waals surface area (Å²) in [4.78, 5) is 11.4. The van der Waals surface area contributed by atoms with Crippen LogP contribution in [-0.4, -0.2) is 50.2 Å². The molecule has 0 amide bonds. The Bertz CT molecular complexity index is 1320. The van der Waals surface area contributed by atoms with Crippen LogP contribution in [0.5, 0.6) is 11.5 Å². The number of rotatable bonds is 8. The summed E-state index contributed by atoms with van der Waals surface area (Å²) >= 11 is 0. The van der Waals surface area contributed by atoms with E-state index in [1.807, 2.05) is 40.8 Å². The zero-order valence-electron chi connectivity index (χ0n) is 18.7. The van der Waals surface area contributed by atoms with Gasteiger partial charge in [0.15, 0.2) is 0 Å². The predicted octanol–water partition coefficient (Wildman–Crippen LogP) is 4.53. The molecule has 34 heavy (non-hydrogen) atoms. The van der Waals surface area contributed by atoms with Gasteiger partial charge in [-0.1, -0.05) is 12.1 Å². The van der Waals surface area contributed by atoms with Crippen molar-refractivity contribution in [1.82, 2.24) is 19.1 Å². The van der Waals surface area contributed by atoms with E-state index in [-0.39, 0.29) is 17.5 Å². The van der Waals surface area contributed by atoms with Gasteiger partial charge in [0, 0.05) is 56.6 Å². The Morgan fingerprint density at radius 3 is 2.53 bits per heavy atom. The summed E-state index contributed by atoms with van der Waals surface area (Å²) in [5.74, 6) is 0.728. The van der Waals surface area contributed by atoms with Crippen molar-refractivity contribution in [3.8, 4) is 22.6 Å². The molecule has 2 fully saturated rings. The van der Waals surface area contributed by atoms with Gasteiger partial charge < -0.3 is 4.74 Å². The lowest BCUT2D eigenvalue weighted by Crippen LogP contribution is -2.11. The highest BCUT2D eigenvalue weighted by molar-refractivity contribution is 7.54. The third-order valence-electron chi connectivity index (χ3n) is 6.39. The van der Waals surface area contributed by atoms with Crippen LogP contribution in [0.1, 0.15) is 23.7 Å². The Hall–Kier alpha value is -3.04. The van der Waals surface area contributed by atoms with Gasteiger partial charge in [-0.3, -0.25) is 23.9 Å². The molecule has 6 rings (SSSR count). The van der Waals surface area contributed by atoms with Crippen molar-refractivity contribution in [2.75, 3.05) is 26.2 Å². The van der Waals surface area contributed by atoms with E-state index >= 15 is 0 Å². The molecule has 11 heteroatoms. The third-order valence-corrected chi connectivity index (χ3v) is 9.15. The Labute approximate surface area is 196 Å². The first-order valence-corrected chi connectivity index (χ1v) is 12.8. The van der Waals surface area contributed by atoms with Crippen LogP contribution < -0.4 is 4.74 Å². The molecule has 0 bridgehead atoms. The Morgan fingerprint density at radius 2 is 1.88 bits per heavy atom. The molecule has 2 aromatic carbocycles. The zero-order valence-corrected chi connectivity index (χ0v) is 19.6. The van der Waals surface area contributed by atoms with E-state index in [2.05, 4.69) is 5.10 Å². The number of ether oxygens (including phenoxy) is 1. The van der Waals surface area contributed by atoms with E-state index in [0.717, 1.165) is 48.4 Å². The minimum atomic E-state index is -3.01. The fourth-order valence-corrected chi connectivity index (χ4v) is 6.85. The second-order valence-electron chi connectivity index (χ2n) is 8.80. The smallest absolute Gasteiger partial charge is 0.346 e. The van der Waals surface area contributed by atoms with E-state index in [4.69, 9.17) is 9.26 Å². The number of nitrogens with zero attached hydrogens (tertiary/aromatic N) is 5. The molecule has 0 spiro atoms. The number of aromatic nitrogens is 2. The minimum Gasteiger partial charge on any atom is -0.450 e. The summed E-state index contributed by atoms with van der Waals surface area (Å²) in [6, 6.07) is 10.6. The number of fused-ring (bicyclic) bond motifs is 1. The summed E-state index contributed by atoms with van der Waals surface area (Å²) in [6.45, 7) is 3.09. The molecular formula is C23H24N5O5P. The second kappa shape index (κ2) is 8.02. The molecule has 3 aromatic rings. The van der Waals surface area contributed by atoms with Crippen LogP contribution in [-0.2, 0) is 22.6 Å². The number of nitro groups is 1. The summed E-state index contributed by atoms with van der Waals surface area (Å²) in [5.41, 5.74) is 3.29. The number of benzene rings is 2. The largest absolute Gasteiger partial charge is 0.450 e. The van der Waals surface area contributed by atoms with Gasteiger partial charge in [0.2, 0.25) is 5.75 Å². The predicted molar refractivity (Wildman–Crippen MR) is 125 cm³/mol. The third kappa shape index (κ3) is 3.82. The molecule has 1 aromatic heterocycles. The maximum atomic E-state index is 13.5. The lowest BCUT2D eigenvalue weighted by atomic mass is 10.1. The molecule has 1 aliphatic carbocycles. The monoisotopic (exact) mass is 481 g/mol. The van der Waals surface area contributed by atoms with Crippen LogP contribution in [0, 0.1) is 10.1 Å². The van der Waals surface area contributed by atoms with E-state index in [1.54, 1.807) is 23.0 Å². The molecule has 0 saturated carbocycles. The van der Waals surface area contributed by atoms with Gasteiger partial charge in [0.1, 0.15) is 5.75 Å². The summed E-state index contributed by atoms with van der Waals surface area (Å²) in [5, 5.41) is 16.0. The highest BCUT2D eigenvalue weighted by Crippen LogP contribution is 2.64. The van der Waals surface area contributed by atoms with Gasteiger partial charge in [-0.05, 0) is 42.2 Å². The Kier molecular flexibility index (Phi) is 5.07. The highest BCUT2D eigenvalue weighted by Gasteiger charge is 2.51. The standard InChI is InChI=1S/C23H24N5O5P/c1-25-15-17(14-24-25)16-3-2-4-18(13-16)32-23-20-6-8-22(19(20)5-7-21(23)28(29)30)33-34(31,26-9-10-26)27-11-12-27/h2-5,7,13-15,22H,6,8-12H2,1H3. The first-order valence-electron chi connectivity index (χ1n) is 11.3.